The van der Waals surface area contributed by atoms with Gasteiger partial charge in [0, 0.05) is 11.1 Å². The molecule has 0 N–H and O–H groups in total. The van der Waals surface area contributed by atoms with E-state index in [1.54, 1.807) is 12.1 Å². The summed E-state index contributed by atoms with van der Waals surface area (Å²) in [6, 6.07) is 20.0. The van der Waals surface area contributed by atoms with E-state index in [0.29, 0.717) is 27.5 Å². The van der Waals surface area contributed by atoms with Crippen LogP contribution in [0, 0.1) is 13.8 Å². The molecule has 1 unspecified atom stereocenters. The predicted molar refractivity (Wildman–Crippen MR) is 97.9 cm³/mol. The summed E-state index contributed by atoms with van der Waals surface area (Å²) in [6.07, 6.45) is 0. The summed E-state index contributed by atoms with van der Waals surface area (Å²) in [6.45, 7) is 3.90. The zero-order chi connectivity index (χ0) is 17.6. The molecule has 4 heteroatoms. The van der Waals surface area contributed by atoms with E-state index in [0.717, 1.165) is 11.1 Å². The van der Waals surface area contributed by atoms with Crippen molar-refractivity contribution in [2.75, 3.05) is 0 Å². The fourth-order valence-electron chi connectivity index (χ4n) is 3.24. The molecule has 1 aliphatic rings. The van der Waals surface area contributed by atoms with Crippen LogP contribution in [-0.2, 0) is 9.84 Å². The predicted octanol–water partition coefficient (Wildman–Crippen LogP) is 4.97. The van der Waals surface area contributed by atoms with E-state index in [1.807, 2.05) is 68.4 Å². The molecule has 0 amide bonds. The molecule has 0 saturated carbocycles. The molecule has 25 heavy (non-hydrogen) atoms. The molecule has 0 fully saturated rings. The SMILES string of the molecule is Cc1ccc(S(=O)(=O)C2c3ccccc3Oc3ccc(C)cc32)cc1. The van der Waals surface area contributed by atoms with Crippen LogP contribution in [0.3, 0.4) is 0 Å². The van der Waals surface area contributed by atoms with Crippen molar-refractivity contribution in [3.63, 3.8) is 0 Å². The van der Waals surface area contributed by atoms with Crippen molar-refractivity contribution >= 4 is 9.84 Å². The second kappa shape index (κ2) is 5.74. The Morgan fingerprint density at radius 2 is 1.40 bits per heavy atom. The van der Waals surface area contributed by atoms with Crippen molar-refractivity contribution in [1.29, 1.82) is 0 Å². The Bertz CT molecular complexity index is 1050. The van der Waals surface area contributed by atoms with Crippen LogP contribution < -0.4 is 4.74 Å². The third kappa shape index (κ3) is 2.63. The molecule has 0 aliphatic carbocycles. The Morgan fingerprint density at radius 3 is 2.16 bits per heavy atom. The van der Waals surface area contributed by atoms with Gasteiger partial charge >= 0.3 is 0 Å². The molecule has 1 heterocycles. The van der Waals surface area contributed by atoms with Crippen LogP contribution in [0.25, 0.3) is 0 Å². The van der Waals surface area contributed by atoms with Gasteiger partial charge in [0.2, 0.25) is 0 Å². The first-order valence-electron chi connectivity index (χ1n) is 8.15. The third-order valence-electron chi connectivity index (χ3n) is 4.53. The Morgan fingerprint density at radius 1 is 0.760 bits per heavy atom. The van der Waals surface area contributed by atoms with E-state index >= 15 is 0 Å². The van der Waals surface area contributed by atoms with Crippen molar-refractivity contribution in [2.45, 2.75) is 24.0 Å². The highest BCUT2D eigenvalue weighted by molar-refractivity contribution is 7.92. The molecular formula is C21H18O3S. The smallest absolute Gasteiger partial charge is 0.189 e. The maximum Gasteiger partial charge on any atom is 0.189 e. The monoisotopic (exact) mass is 350 g/mol. The Labute approximate surface area is 147 Å². The van der Waals surface area contributed by atoms with Crippen molar-refractivity contribution < 1.29 is 13.2 Å². The van der Waals surface area contributed by atoms with Gasteiger partial charge in [-0.25, -0.2) is 8.42 Å². The number of fused-ring (bicyclic) bond motifs is 2. The first kappa shape index (κ1) is 15.9. The van der Waals surface area contributed by atoms with Crippen LogP contribution in [0.5, 0.6) is 11.5 Å². The molecule has 0 saturated heterocycles. The maximum absolute atomic E-state index is 13.5. The van der Waals surface area contributed by atoms with Crippen molar-refractivity contribution in [1.82, 2.24) is 0 Å². The van der Waals surface area contributed by atoms with Crippen LogP contribution in [0.1, 0.15) is 27.5 Å². The highest BCUT2D eigenvalue weighted by Gasteiger charge is 2.37. The number of sulfone groups is 1. The van der Waals surface area contributed by atoms with Gasteiger partial charge in [0.15, 0.2) is 9.84 Å². The number of hydrogen-bond donors (Lipinski definition) is 0. The van der Waals surface area contributed by atoms with Gasteiger partial charge in [-0.1, -0.05) is 53.6 Å². The second-order valence-corrected chi connectivity index (χ2v) is 8.45. The van der Waals surface area contributed by atoms with Crippen LogP contribution in [0.15, 0.2) is 71.6 Å². The number of hydrogen-bond acceptors (Lipinski definition) is 3. The molecule has 126 valence electrons. The lowest BCUT2D eigenvalue weighted by molar-refractivity contribution is 0.455. The van der Waals surface area contributed by atoms with Gasteiger partial charge < -0.3 is 4.74 Å². The first-order chi connectivity index (χ1) is 12.0. The highest BCUT2D eigenvalue weighted by Crippen LogP contribution is 2.48. The number of ether oxygens (including phenoxy) is 1. The highest BCUT2D eigenvalue weighted by atomic mass is 32.2. The minimum absolute atomic E-state index is 0.326. The van der Waals surface area contributed by atoms with Gasteiger partial charge in [0.1, 0.15) is 16.7 Å². The van der Waals surface area contributed by atoms with Gasteiger partial charge in [-0.05, 0) is 38.1 Å². The molecule has 1 aliphatic heterocycles. The number of rotatable bonds is 2. The van der Waals surface area contributed by atoms with Crippen molar-refractivity contribution in [2.24, 2.45) is 0 Å². The standard InChI is InChI=1S/C21H18O3S/c1-14-7-10-16(11-8-14)25(22,23)21-17-5-3-4-6-19(17)24-20-12-9-15(2)13-18(20)21/h3-13,21H,1-2H3. The summed E-state index contributed by atoms with van der Waals surface area (Å²) in [5, 5.41) is -0.768. The summed E-state index contributed by atoms with van der Waals surface area (Å²) in [4.78, 5) is 0.326. The summed E-state index contributed by atoms with van der Waals surface area (Å²) in [5.41, 5.74) is 3.41. The topological polar surface area (TPSA) is 43.4 Å². The molecule has 4 rings (SSSR count). The van der Waals surface area contributed by atoms with Gasteiger partial charge in [0.05, 0.1) is 4.90 Å². The minimum atomic E-state index is -3.60. The summed E-state index contributed by atoms with van der Waals surface area (Å²) >= 11 is 0. The zero-order valence-electron chi connectivity index (χ0n) is 14.1. The average molecular weight is 350 g/mol. The fourth-order valence-corrected chi connectivity index (χ4v) is 5.08. The minimum Gasteiger partial charge on any atom is -0.457 e. The maximum atomic E-state index is 13.5. The van der Waals surface area contributed by atoms with Crippen LogP contribution >= 0.6 is 0 Å². The van der Waals surface area contributed by atoms with Gasteiger partial charge in [-0.2, -0.15) is 0 Å². The molecule has 0 radical (unpaired) electrons. The van der Waals surface area contributed by atoms with Crippen LogP contribution in [0.2, 0.25) is 0 Å². The molecule has 0 bridgehead atoms. The summed E-state index contributed by atoms with van der Waals surface area (Å²) in [5.74, 6) is 1.20. The second-order valence-electron chi connectivity index (χ2n) is 6.42. The molecule has 1 atom stereocenters. The Kier molecular flexibility index (Phi) is 3.65. The number of para-hydroxylation sites is 1. The molecule has 0 aromatic heterocycles. The lowest BCUT2D eigenvalue weighted by Crippen LogP contribution is -2.19. The first-order valence-corrected chi connectivity index (χ1v) is 9.69. The van der Waals surface area contributed by atoms with Crippen LogP contribution in [-0.4, -0.2) is 8.42 Å². The largest absolute Gasteiger partial charge is 0.457 e. The van der Waals surface area contributed by atoms with E-state index < -0.39 is 15.1 Å². The van der Waals surface area contributed by atoms with Gasteiger partial charge in [-0.3, -0.25) is 0 Å². The molecular weight excluding hydrogens is 332 g/mol. The molecule has 3 aromatic rings. The number of benzene rings is 3. The van der Waals surface area contributed by atoms with Gasteiger partial charge in [0.25, 0.3) is 0 Å². The molecule has 0 spiro atoms. The lowest BCUT2D eigenvalue weighted by atomic mass is 9.98. The lowest BCUT2D eigenvalue weighted by Gasteiger charge is -2.28. The summed E-state index contributed by atoms with van der Waals surface area (Å²) in [7, 11) is -3.60. The third-order valence-corrected chi connectivity index (χ3v) is 6.59. The number of aryl methyl sites for hydroxylation is 2. The molecule has 3 nitrogen and oxygen atoms in total. The normalized spacial score (nSPS) is 15.8. The average Bonchev–Trinajstić information content (AvgIpc) is 2.60. The van der Waals surface area contributed by atoms with E-state index in [4.69, 9.17) is 4.74 Å². The molecule has 3 aromatic carbocycles. The fraction of sp³-hybridized carbons (Fsp3) is 0.143. The Hall–Kier alpha value is -2.59. The van der Waals surface area contributed by atoms with Crippen molar-refractivity contribution in [3.05, 3.63) is 89.0 Å². The van der Waals surface area contributed by atoms with E-state index in [-0.39, 0.29) is 0 Å². The van der Waals surface area contributed by atoms with Crippen LogP contribution in [0.4, 0.5) is 0 Å². The van der Waals surface area contributed by atoms with E-state index in [9.17, 15) is 8.42 Å². The van der Waals surface area contributed by atoms with Crippen molar-refractivity contribution in [3.8, 4) is 11.5 Å². The quantitative estimate of drug-likeness (QED) is 0.655. The van der Waals surface area contributed by atoms with E-state index in [1.165, 1.54) is 0 Å². The zero-order valence-corrected chi connectivity index (χ0v) is 14.9. The van der Waals surface area contributed by atoms with Gasteiger partial charge in [-0.15, -0.1) is 0 Å². The summed E-state index contributed by atoms with van der Waals surface area (Å²) < 4.78 is 32.9. The van der Waals surface area contributed by atoms with E-state index in [2.05, 4.69) is 0 Å². The Balaban J connectivity index is 1.97.